The van der Waals surface area contributed by atoms with Crippen LogP contribution in [0.1, 0.15) is 27.6 Å². The fourth-order valence-corrected chi connectivity index (χ4v) is 4.07. The summed E-state index contributed by atoms with van der Waals surface area (Å²) in [6.07, 6.45) is 4.39. The van der Waals surface area contributed by atoms with Gasteiger partial charge in [-0.25, -0.2) is 9.98 Å². The number of ether oxygens (including phenoxy) is 1. The first kappa shape index (κ1) is 24.6. The van der Waals surface area contributed by atoms with Crippen molar-refractivity contribution in [2.24, 2.45) is 4.99 Å². The lowest BCUT2D eigenvalue weighted by Crippen LogP contribution is -2.52. The highest BCUT2D eigenvalue weighted by molar-refractivity contribution is 6.45. The van der Waals surface area contributed by atoms with Crippen molar-refractivity contribution in [3.8, 4) is 5.75 Å². The largest absolute Gasteiger partial charge is 0.494 e. The van der Waals surface area contributed by atoms with Crippen molar-refractivity contribution in [3.05, 3.63) is 53.9 Å². The Morgan fingerprint density at radius 1 is 1.14 bits per heavy atom. The predicted molar refractivity (Wildman–Crippen MR) is 136 cm³/mol. The predicted octanol–water partition coefficient (Wildman–Crippen LogP) is 2.20. The molecule has 0 aliphatic carbocycles. The highest BCUT2D eigenvalue weighted by Crippen LogP contribution is 2.33. The number of H-pyrrole nitrogens is 1. The Labute approximate surface area is 207 Å². The summed E-state index contributed by atoms with van der Waals surface area (Å²) in [5.41, 5.74) is 1.27. The molecule has 4 rings (SSSR count). The van der Waals surface area contributed by atoms with Crippen LogP contribution < -0.4 is 9.64 Å². The zero-order valence-corrected chi connectivity index (χ0v) is 20.3. The number of anilines is 1. The van der Waals surface area contributed by atoms with Crippen LogP contribution in [0.25, 0.3) is 10.9 Å². The van der Waals surface area contributed by atoms with Gasteiger partial charge in [0.15, 0.2) is 5.82 Å². The molecule has 186 valence electrons. The van der Waals surface area contributed by atoms with Crippen molar-refractivity contribution in [1.29, 1.82) is 5.41 Å². The van der Waals surface area contributed by atoms with Gasteiger partial charge < -0.3 is 24.4 Å². The number of benzene rings is 1. The first-order valence-electron chi connectivity index (χ1n) is 11.4. The number of amides is 2. The third kappa shape index (κ3) is 4.81. The number of Topliss-reactive ketones (excluding diaryl/α,β-unsaturated/α-hetero) is 1. The van der Waals surface area contributed by atoms with Crippen molar-refractivity contribution in [2.75, 3.05) is 45.2 Å². The zero-order chi connectivity index (χ0) is 25.8. The SMILES string of the molecule is COc1cnc(N(C)/C=N\C(C)=N)c2[nH]cc(C(=O)C(=O)N3CCN(C(=O)c4ccccc4)CC3)c12. The molecule has 1 fully saturated rings. The number of carbonyl (C=O) groups is 3. The number of aromatic nitrogens is 2. The summed E-state index contributed by atoms with van der Waals surface area (Å²) in [6.45, 7) is 2.76. The Bertz CT molecular complexity index is 1340. The fraction of sp³-hybridized carbons (Fsp3) is 0.280. The highest BCUT2D eigenvalue weighted by atomic mass is 16.5. The molecule has 11 heteroatoms. The minimum atomic E-state index is -0.675. The van der Waals surface area contributed by atoms with E-state index >= 15 is 0 Å². The Hall–Kier alpha value is -4.54. The number of nitrogens with zero attached hydrogens (tertiary/aromatic N) is 5. The summed E-state index contributed by atoms with van der Waals surface area (Å²) in [5, 5.41) is 7.92. The molecule has 2 N–H and O–H groups in total. The van der Waals surface area contributed by atoms with E-state index in [1.807, 2.05) is 18.2 Å². The van der Waals surface area contributed by atoms with E-state index in [0.717, 1.165) is 0 Å². The second-order valence-electron chi connectivity index (χ2n) is 8.32. The smallest absolute Gasteiger partial charge is 0.295 e. The number of piperazine rings is 1. The van der Waals surface area contributed by atoms with Gasteiger partial charge in [-0.1, -0.05) is 18.2 Å². The van der Waals surface area contributed by atoms with E-state index in [1.54, 1.807) is 35.9 Å². The molecule has 0 unspecified atom stereocenters. The van der Waals surface area contributed by atoms with Crippen molar-refractivity contribution in [3.63, 3.8) is 0 Å². The molecule has 0 spiro atoms. The minimum Gasteiger partial charge on any atom is -0.494 e. The number of ketones is 1. The van der Waals surface area contributed by atoms with Crippen molar-refractivity contribution in [2.45, 2.75) is 6.92 Å². The molecule has 1 aromatic carbocycles. The first-order valence-corrected chi connectivity index (χ1v) is 11.4. The number of nitrogens with one attached hydrogen (secondary N) is 2. The van der Waals surface area contributed by atoms with Gasteiger partial charge in [-0.3, -0.25) is 19.8 Å². The summed E-state index contributed by atoms with van der Waals surface area (Å²) in [7, 11) is 3.18. The lowest BCUT2D eigenvalue weighted by atomic mass is 10.1. The van der Waals surface area contributed by atoms with Crippen LogP contribution in [0.4, 0.5) is 5.82 Å². The molecule has 3 aromatic rings. The van der Waals surface area contributed by atoms with E-state index in [1.165, 1.54) is 30.7 Å². The summed E-state index contributed by atoms with van der Waals surface area (Å²) in [5.74, 6) is -0.483. The van der Waals surface area contributed by atoms with Gasteiger partial charge in [0.05, 0.1) is 36.1 Å². The third-order valence-electron chi connectivity index (χ3n) is 5.95. The van der Waals surface area contributed by atoms with Gasteiger partial charge in [-0.15, -0.1) is 0 Å². The lowest BCUT2D eigenvalue weighted by molar-refractivity contribution is -0.127. The molecule has 36 heavy (non-hydrogen) atoms. The van der Waals surface area contributed by atoms with Gasteiger partial charge in [0.1, 0.15) is 11.6 Å². The highest BCUT2D eigenvalue weighted by Gasteiger charge is 2.31. The standard InChI is InChI=1S/C25H27N7O4/c1-16(26)29-15-30(2)23-21-20(19(36-3)14-28-23)18(13-27-21)22(33)25(35)32-11-9-31(10-12-32)24(34)17-7-5-4-6-8-17/h4-8,13-15,26-27H,9-12H2,1-3H3/b26-16?,29-15-. The average Bonchev–Trinajstić information content (AvgIpc) is 3.36. The van der Waals surface area contributed by atoms with Crippen LogP contribution in [0.2, 0.25) is 0 Å². The van der Waals surface area contributed by atoms with Gasteiger partial charge in [-0.2, -0.15) is 0 Å². The topological polar surface area (TPSA) is 135 Å². The van der Waals surface area contributed by atoms with Crippen LogP contribution in [0, 0.1) is 5.41 Å². The second kappa shape index (κ2) is 10.4. The van der Waals surface area contributed by atoms with Crippen LogP contribution in [-0.4, -0.2) is 89.9 Å². The third-order valence-corrected chi connectivity index (χ3v) is 5.95. The average molecular weight is 490 g/mol. The van der Waals surface area contributed by atoms with E-state index in [4.69, 9.17) is 10.1 Å². The molecule has 2 amide bonds. The van der Waals surface area contributed by atoms with Crippen molar-refractivity contribution < 1.29 is 19.1 Å². The first-order chi connectivity index (χ1) is 17.3. The van der Waals surface area contributed by atoms with E-state index < -0.39 is 11.7 Å². The molecule has 1 aliphatic heterocycles. The monoisotopic (exact) mass is 489 g/mol. The zero-order valence-electron chi connectivity index (χ0n) is 20.3. The number of methoxy groups -OCH3 is 1. The number of carbonyl (C=O) groups excluding carboxylic acids is 3. The lowest BCUT2D eigenvalue weighted by Gasteiger charge is -2.34. The number of pyridine rings is 1. The van der Waals surface area contributed by atoms with Crippen LogP contribution in [0.3, 0.4) is 0 Å². The van der Waals surface area contributed by atoms with Gasteiger partial charge in [0.25, 0.3) is 17.6 Å². The van der Waals surface area contributed by atoms with E-state index in [2.05, 4.69) is 15.0 Å². The summed E-state index contributed by atoms with van der Waals surface area (Å²) >= 11 is 0. The summed E-state index contributed by atoms with van der Waals surface area (Å²) in [4.78, 5) is 55.2. The quantitative estimate of drug-likeness (QED) is 0.236. The van der Waals surface area contributed by atoms with Crippen molar-refractivity contribution in [1.82, 2.24) is 19.8 Å². The fourth-order valence-electron chi connectivity index (χ4n) is 4.07. The number of hydrogen-bond acceptors (Lipinski definition) is 6. The number of hydrogen-bond donors (Lipinski definition) is 2. The molecule has 3 heterocycles. The maximum Gasteiger partial charge on any atom is 0.295 e. The second-order valence-corrected chi connectivity index (χ2v) is 8.32. The number of aromatic amines is 1. The maximum atomic E-state index is 13.3. The van der Waals surface area contributed by atoms with Gasteiger partial charge in [0, 0.05) is 45.0 Å². The molecule has 2 aromatic heterocycles. The number of fused-ring (bicyclic) bond motifs is 1. The molecule has 1 aliphatic rings. The molecule has 11 nitrogen and oxygen atoms in total. The Morgan fingerprint density at radius 2 is 1.81 bits per heavy atom. The summed E-state index contributed by atoms with van der Waals surface area (Å²) < 4.78 is 5.43. The summed E-state index contributed by atoms with van der Waals surface area (Å²) in [6, 6.07) is 8.97. The molecule has 1 saturated heterocycles. The molecule has 0 radical (unpaired) electrons. The van der Waals surface area contributed by atoms with Crippen LogP contribution in [0.5, 0.6) is 5.75 Å². The normalized spacial score (nSPS) is 13.8. The van der Waals surface area contributed by atoms with Crippen LogP contribution in [0.15, 0.2) is 47.7 Å². The van der Waals surface area contributed by atoms with Gasteiger partial charge in [0.2, 0.25) is 0 Å². The van der Waals surface area contributed by atoms with E-state index in [-0.39, 0.29) is 30.4 Å². The molecule has 0 saturated carbocycles. The van der Waals surface area contributed by atoms with Crippen molar-refractivity contribution >= 4 is 46.5 Å². The Kier molecular flexibility index (Phi) is 7.09. The Balaban J connectivity index is 1.53. The van der Waals surface area contributed by atoms with E-state index in [0.29, 0.717) is 41.1 Å². The molecular formula is C25H27N7O4. The number of amidine groups is 1. The molecule has 0 atom stereocenters. The minimum absolute atomic E-state index is 0.0960. The van der Waals surface area contributed by atoms with Crippen LogP contribution in [-0.2, 0) is 4.79 Å². The molecule has 0 bridgehead atoms. The molecular weight excluding hydrogens is 462 g/mol. The maximum absolute atomic E-state index is 13.3. The van der Waals surface area contributed by atoms with E-state index in [9.17, 15) is 14.4 Å². The van der Waals surface area contributed by atoms with Crippen LogP contribution >= 0.6 is 0 Å². The number of aliphatic imine (C=N–C) groups is 1. The van der Waals surface area contributed by atoms with Gasteiger partial charge in [-0.05, 0) is 19.1 Å². The number of rotatable bonds is 6. The van der Waals surface area contributed by atoms with Gasteiger partial charge >= 0.3 is 0 Å². The Morgan fingerprint density at radius 3 is 2.44 bits per heavy atom.